The predicted octanol–water partition coefficient (Wildman–Crippen LogP) is 2.87. The van der Waals surface area contributed by atoms with Crippen molar-refractivity contribution in [3.8, 4) is 0 Å². The van der Waals surface area contributed by atoms with Gasteiger partial charge in [0.1, 0.15) is 9.84 Å². The summed E-state index contributed by atoms with van der Waals surface area (Å²) < 4.78 is 22.9. The van der Waals surface area contributed by atoms with Crippen LogP contribution in [0.3, 0.4) is 0 Å². The molecule has 0 aromatic rings. The molecule has 4 heteroatoms. The maximum Gasteiger partial charge on any atom is 0.150 e. The molecular formula is C10H21BrO2S. The highest BCUT2D eigenvalue weighted by molar-refractivity contribution is 9.09. The van der Waals surface area contributed by atoms with Crippen molar-refractivity contribution in [2.75, 3.05) is 16.8 Å². The first-order chi connectivity index (χ1) is 6.43. The van der Waals surface area contributed by atoms with Crippen LogP contribution in [0.15, 0.2) is 0 Å². The molecule has 86 valence electrons. The highest BCUT2D eigenvalue weighted by Crippen LogP contribution is 2.18. The molecule has 0 saturated carbocycles. The van der Waals surface area contributed by atoms with Crippen LogP contribution in [-0.4, -0.2) is 25.3 Å². The highest BCUT2D eigenvalue weighted by Gasteiger charge is 2.16. The van der Waals surface area contributed by atoms with Gasteiger partial charge in [-0.3, -0.25) is 0 Å². The largest absolute Gasteiger partial charge is 0.229 e. The molecule has 0 radical (unpaired) electrons. The lowest BCUT2D eigenvalue weighted by atomic mass is 9.96. The van der Waals surface area contributed by atoms with Gasteiger partial charge in [-0.05, 0) is 24.7 Å². The smallest absolute Gasteiger partial charge is 0.150 e. The van der Waals surface area contributed by atoms with Crippen LogP contribution in [0.25, 0.3) is 0 Å². The van der Waals surface area contributed by atoms with E-state index in [9.17, 15) is 8.42 Å². The zero-order valence-electron chi connectivity index (χ0n) is 9.29. The fraction of sp³-hybridized carbons (Fsp3) is 1.00. The van der Waals surface area contributed by atoms with E-state index in [-0.39, 0.29) is 0 Å². The SMILES string of the molecule is CCCS(=O)(=O)CCC(CBr)C(C)C. The number of alkyl halides is 1. The fourth-order valence-corrected chi connectivity index (χ4v) is 3.89. The van der Waals surface area contributed by atoms with Gasteiger partial charge in [-0.25, -0.2) is 8.42 Å². The Morgan fingerprint density at radius 2 is 1.79 bits per heavy atom. The van der Waals surface area contributed by atoms with Crippen LogP contribution in [0.4, 0.5) is 0 Å². The van der Waals surface area contributed by atoms with Crippen LogP contribution in [0.5, 0.6) is 0 Å². The van der Waals surface area contributed by atoms with E-state index in [0.29, 0.717) is 23.3 Å². The fourth-order valence-electron chi connectivity index (χ4n) is 1.33. The first-order valence-electron chi connectivity index (χ1n) is 5.19. The molecule has 0 aliphatic rings. The molecule has 14 heavy (non-hydrogen) atoms. The minimum absolute atomic E-state index is 0.333. The summed E-state index contributed by atoms with van der Waals surface area (Å²) in [5.74, 6) is 1.70. The topological polar surface area (TPSA) is 34.1 Å². The Kier molecular flexibility index (Phi) is 7.04. The Morgan fingerprint density at radius 3 is 2.14 bits per heavy atom. The van der Waals surface area contributed by atoms with E-state index in [2.05, 4.69) is 29.8 Å². The minimum atomic E-state index is -2.79. The normalized spacial score (nSPS) is 14.6. The summed E-state index contributed by atoms with van der Waals surface area (Å²) in [6, 6.07) is 0. The molecule has 0 fully saturated rings. The number of halogens is 1. The van der Waals surface area contributed by atoms with Crippen molar-refractivity contribution in [1.29, 1.82) is 0 Å². The highest BCUT2D eigenvalue weighted by atomic mass is 79.9. The maximum atomic E-state index is 11.5. The number of rotatable bonds is 7. The average Bonchev–Trinajstić information content (AvgIpc) is 2.04. The lowest BCUT2D eigenvalue weighted by molar-refractivity contribution is 0.416. The van der Waals surface area contributed by atoms with Crippen molar-refractivity contribution in [1.82, 2.24) is 0 Å². The van der Waals surface area contributed by atoms with Crippen molar-refractivity contribution < 1.29 is 8.42 Å². The van der Waals surface area contributed by atoms with Crippen LogP contribution in [0.1, 0.15) is 33.6 Å². The first-order valence-corrected chi connectivity index (χ1v) is 8.13. The van der Waals surface area contributed by atoms with E-state index in [1.807, 2.05) is 6.92 Å². The van der Waals surface area contributed by atoms with Crippen LogP contribution in [0.2, 0.25) is 0 Å². The Labute approximate surface area is 96.5 Å². The molecule has 1 atom stereocenters. The molecule has 0 aliphatic carbocycles. The molecule has 1 unspecified atom stereocenters. The molecule has 0 bridgehead atoms. The van der Waals surface area contributed by atoms with E-state index in [1.54, 1.807) is 0 Å². The van der Waals surface area contributed by atoms with Crippen molar-refractivity contribution in [2.24, 2.45) is 11.8 Å². The summed E-state index contributed by atoms with van der Waals surface area (Å²) >= 11 is 3.43. The minimum Gasteiger partial charge on any atom is -0.229 e. The van der Waals surface area contributed by atoms with Crippen molar-refractivity contribution in [3.63, 3.8) is 0 Å². The van der Waals surface area contributed by atoms with Crippen molar-refractivity contribution in [2.45, 2.75) is 33.6 Å². The molecule has 0 spiro atoms. The van der Waals surface area contributed by atoms with Gasteiger partial charge < -0.3 is 0 Å². The zero-order chi connectivity index (χ0) is 11.2. The van der Waals surface area contributed by atoms with Gasteiger partial charge in [0.15, 0.2) is 0 Å². The van der Waals surface area contributed by atoms with E-state index in [1.165, 1.54) is 0 Å². The second-order valence-corrected chi connectivity index (χ2v) is 7.05. The Balaban J connectivity index is 4.03. The van der Waals surface area contributed by atoms with E-state index in [0.717, 1.165) is 18.2 Å². The Hall–Kier alpha value is 0.430. The van der Waals surface area contributed by atoms with Crippen molar-refractivity contribution in [3.05, 3.63) is 0 Å². The number of hydrogen-bond acceptors (Lipinski definition) is 2. The second-order valence-electron chi connectivity index (χ2n) is 4.10. The van der Waals surface area contributed by atoms with Gasteiger partial charge in [-0.2, -0.15) is 0 Å². The molecule has 0 saturated heterocycles. The van der Waals surface area contributed by atoms with Gasteiger partial charge >= 0.3 is 0 Å². The van der Waals surface area contributed by atoms with Gasteiger partial charge in [-0.15, -0.1) is 0 Å². The Bertz CT molecular complexity index is 235. The van der Waals surface area contributed by atoms with E-state index >= 15 is 0 Å². The third kappa shape index (κ3) is 6.02. The summed E-state index contributed by atoms with van der Waals surface area (Å²) in [7, 11) is -2.79. The van der Waals surface area contributed by atoms with Gasteiger partial charge in [0.2, 0.25) is 0 Å². The molecule has 0 aromatic heterocycles. The van der Waals surface area contributed by atoms with Crippen LogP contribution >= 0.6 is 15.9 Å². The summed E-state index contributed by atoms with van der Waals surface area (Å²) in [5.41, 5.74) is 0. The monoisotopic (exact) mass is 284 g/mol. The summed E-state index contributed by atoms with van der Waals surface area (Å²) in [5, 5.41) is 0.895. The molecule has 2 nitrogen and oxygen atoms in total. The number of sulfone groups is 1. The third-order valence-corrected chi connectivity index (χ3v) is 5.18. The molecule has 0 aromatic carbocycles. The molecule has 0 amide bonds. The lowest BCUT2D eigenvalue weighted by Crippen LogP contribution is -2.18. The zero-order valence-corrected chi connectivity index (χ0v) is 11.7. The molecular weight excluding hydrogens is 264 g/mol. The third-order valence-electron chi connectivity index (χ3n) is 2.46. The Morgan fingerprint density at radius 1 is 1.21 bits per heavy atom. The van der Waals surface area contributed by atoms with E-state index in [4.69, 9.17) is 0 Å². The van der Waals surface area contributed by atoms with E-state index < -0.39 is 9.84 Å². The molecule has 0 aliphatic heterocycles. The summed E-state index contributed by atoms with van der Waals surface area (Å²) in [6.07, 6.45) is 1.51. The summed E-state index contributed by atoms with van der Waals surface area (Å²) in [6.45, 7) is 6.18. The number of hydrogen-bond donors (Lipinski definition) is 0. The van der Waals surface area contributed by atoms with Gasteiger partial charge in [0, 0.05) is 11.1 Å². The van der Waals surface area contributed by atoms with Crippen molar-refractivity contribution >= 4 is 25.8 Å². The molecule has 0 N–H and O–H groups in total. The molecule has 0 heterocycles. The molecule has 0 rings (SSSR count). The van der Waals surface area contributed by atoms with Gasteiger partial charge in [-0.1, -0.05) is 36.7 Å². The first kappa shape index (κ1) is 14.4. The van der Waals surface area contributed by atoms with Gasteiger partial charge in [0.25, 0.3) is 0 Å². The summed E-state index contributed by atoms with van der Waals surface area (Å²) in [4.78, 5) is 0. The average molecular weight is 285 g/mol. The standard InChI is InChI=1S/C10H21BrO2S/c1-4-6-14(12,13)7-5-10(8-11)9(2)3/h9-10H,4-8H2,1-3H3. The van der Waals surface area contributed by atoms with Crippen LogP contribution in [-0.2, 0) is 9.84 Å². The maximum absolute atomic E-state index is 11.5. The predicted molar refractivity (Wildman–Crippen MR) is 65.7 cm³/mol. The quantitative estimate of drug-likeness (QED) is 0.674. The lowest BCUT2D eigenvalue weighted by Gasteiger charge is -2.17. The van der Waals surface area contributed by atoms with Gasteiger partial charge in [0.05, 0.1) is 5.75 Å². The van der Waals surface area contributed by atoms with Crippen LogP contribution < -0.4 is 0 Å². The second kappa shape index (κ2) is 6.83. The van der Waals surface area contributed by atoms with Crippen LogP contribution in [0, 0.1) is 11.8 Å².